The van der Waals surface area contributed by atoms with Gasteiger partial charge in [-0.15, -0.1) is 11.3 Å². The highest BCUT2D eigenvalue weighted by atomic mass is 32.1. The molecule has 0 spiro atoms. The van der Waals surface area contributed by atoms with Crippen LogP contribution in [0.4, 0.5) is 13.2 Å². The summed E-state index contributed by atoms with van der Waals surface area (Å²) in [6.45, 7) is 4.45. The number of thiazole rings is 1. The third-order valence-corrected chi connectivity index (χ3v) is 3.47. The largest absolute Gasteiger partial charge is 0.434 e. The van der Waals surface area contributed by atoms with Crippen molar-refractivity contribution in [3.05, 3.63) is 16.1 Å². The average Bonchev–Trinajstić information content (AvgIpc) is 2.89. The number of aromatic nitrogens is 1. The van der Waals surface area contributed by atoms with E-state index in [9.17, 15) is 13.2 Å². The first-order chi connectivity index (χ1) is 10.3. The first-order valence-corrected chi connectivity index (χ1v) is 7.89. The fourth-order valence-electron chi connectivity index (χ4n) is 1.60. The molecule has 0 aliphatic heterocycles. The molecule has 0 bridgehead atoms. The van der Waals surface area contributed by atoms with E-state index in [1.165, 1.54) is 0 Å². The first kappa shape index (κ1) is 18.7. The van der Waals surface area contributed by atoms with Gasteiger partial charge < -0.3 is 15.5 Å². The second-order valence-corrected chi connectivity index (χ2v) is 5.85. The second-order valence-electron chi connectivity index (χ2n) is 4.90. The molecule has 1 aromatic heterocycles. The molecule has 5 nitrogen and oxygen atoms in total. The average molecular weight is 337 g/mol. The molecule has 1 aromatic rings. The van der Waals surface area contributed by atoms with Crippen LogP contribution in [0.5, 0.6) is 0 Å². The van der Waals surface area contributed by atoms with Gasteiger partial charge >= 0.3 is 6.18 Å². The van der Waals surface area contributed by atoms with Crippen LogP contribution in [0, 0.1) is 0 Å². The van der Waals surface area contributed by atoms with E-state index in [1.54, 1.807) is 0 Å². The van der Waals surface area contributed by atoms with Crippen molar-refractivity contribution in [1.29, 1.82) is 0 Å². The number of hydrogen-bond donors (Lipinski definition) is 2. The lowest BCUT2D eigenvalue weighted by atomic mass is 10.4. The molecular weight excluding hydrogens is 315 g/mol. The van der Waals surface area contributed by atoms with Gasteiger partial charge in [-0.25, -0.2) is 9.98 Å². The minimum Gasteiger partial charge on any atom is -0.357 e. The highest BCUT2D eigenvalue weighted by Crippen LogP contribution is 2.30. The van der Waals surface area contributed by atoms with E-state index in [0.717, 1.165) is 36.2 Å². The number of guanidine groups is 1. The van der Waals surface area contributed by atoms with Crippen LogP contribution in [-0.4, -0.2) is 49.6 Å². The van der Waals surface area contributed by atoms with E-state index in [0.29, 0.717) is 17.5 Å². The van der Waals surface area contributed by atoms with Crippen LogP contribution < -0.4 is 10.6 Å². The molecule has 0 saturated heterocycles. The number of nitrogens with zero attached hydrogens (tertiary/aromatic N) is 3. The summed E-state index contributed by atoms with van der Waals surface area (Å²) in [6.07, 6.45) is -3.44. The summed E-state index contributed by atoms with van der Waals surface area (Å²) in [5, 5.41) is 7.57. The smallest absolute Gasteiger partial charge is 0.357 e. The van der Waals surface area contributed by atoms with Crippen LogP contribution in [0.2, 0.25) is 0 Å². The molecule has 0 saturated carbocycles. The molecule has 0 amide bonds. The summed E-state index contributed by atoms with van der Waals surface area (Å²) in [5.74, 6) is 0.588. The van der Waals surface area contributed by atoms with E-state index in [-0.39, 0.29) is 6.54 Å². The number of aliphatic imine (C=N–C) groups is 1. The maximum absolute atomic E-state index is 12.5. The van der Waals surface area contributed by atoms with Gasteiger partial charge in [0.05, 0.1) is 6.54 Å². The molecule has 0 aliphatic rings. The van der Waals surface area contributed by atoms with E-state index >= 15 is 0 Å². The summed E-state index contributed by atoms with van der Waals surface area (Å²) in [4.78, 5) is 9.90. The molecule has 126 valence electrons. The molecular formula is C13H22F3N5S. The van der Waals surface area contributed by atoms with Crippen molar-refractivity contribution in [2.45, 2.75) is 26.1 Å². The Labute approximate surface area is 132 Å². The van der Waals surface area contributed by atoms with Gasteiger partial charge in [0.15, 0.2) is 11.7 Å². The third kappa shape index (κ3) is 7.08. The molecule has 1 heterocycles. The van der Waals surface area contributed by atoms with Crippen molar-refractivity contribution < 1.29 is 13.2 Å². The molecule has 0 aromatic carbocycles. The lowest BCUT2D eigenvalue weighted by molar-refractivity contribution is -0.140. The van der Waals surface area contributed by atoms with Gasteiger partial charge in [0.2, 0.25) is 0 Å². The molecule has 2 N–H and O–H groups in total. The number of alkyl halides is 3. The van der Waals surface area contributed by atoms with Crippen LogP contribution in [0.25, 0.3) is 0 Å². The van der Waals surface area contributed by atoms with Gasteiger partial charge in [-0.05, 0) is 34.0 Å². The monoisotopic (exact) mass is 337 g/mol. The Bertz CT molecular complexity index is 470. The lowest BCUT2D eigenvalue weighted by Gasteiger charge is -2.13. The van der Waals surface area contributed by atoms with Crippen LogP contribution in [-0.2, 0) is 12.7 Å². The fourth-order valence-corrected chi connectivity index (χ4v) is 2.33. The highest BCUT2D eigenvalue weighted by molar-refractivity contribution is 7.09. The maximum atomic E-state index is 12.5. The molecule has 0 unspecified atom stereocenters. The topological polar surface area (TPSA) is 52.6 Å². The number of rotatable bonds is 7. The highest BCUT2D eigenvalue weighted by Gasteiger charge is 2.33. The molecule has 0 aliphatic carbocycles. The normalized spacial score (nSPS) is 12.8. The van der Waals surface area contributed by atoms with Crippen molar-refractivity contribution in [2.75, 3.05) is 33.7 Å². The van der Waals surface area contributed by atoms with Crippen LogP contribution in [0.15, 0.2) is 10.4 Å². The van der Waals surface area contributed by atoms with Crippen molar-refractivity contribution in [2.24, 2.45) is 4.99 Å². The summed E-state index contributed by atoms with van der Waals surface area (Å²) < 4.78 is 37.4. The van der Waals surface area contributed by atoms with Crippen molar-refractivity contribution >= 4 is 17.3 Å². The predicted octanol–water partition coefficient (Wildman–Crippen LogP) is 2.17. The molecule has 22 heavy (non-hydrogen) atoms. The van der Waals surface area contributed by atoms with Crippen molar-refractivity contribution in [3.8, 4) is 0 Å². The van der Waals surface area contributed by atoms with Crippen LogP contribution in [0.3, 0.4) is 0 Å². The first-order valence-electron chi connectivity index (χ1n) is 7.01. The summed E-state index contributed by atoms with van der Waals surface area (Å²) in [7, 11) is 4.00. The van der Waals surface area contributed by atoms with Gasteiger partial charge in [0.25, 0.3) is 0 Å². The molecule has 0 fully saturated rings. The van der Waals surface area contributed by atoms with E-state index in [1.807, 2.05) is 21.0 Å². The number of halogens is 3. The molecule has 9 heteroatoms. The number of nitrogens with one attached hydrogen (secondary N) is 2. The van der Waals surface area contributed by atoms with E-state index in [4.69, 9.17) is 0 Å². The van der Waals surface area contributed by atoms with Crippen LogP contribution in [0.1, 0.15) is 24.0 Å². The Morgan fingerprint density at radius 3 is 2.64 bits per heavy atom. The zero-order valence-corrected chi connectivity index (χ0v) is 13.8. The quantitative estimate of drug-likeness (QED) is 0.455. The maximum Gasteiger partial charge on any atom is 0.434 e. The predicted molar refractivity (Wildman–Crippen MR) is 83.1 cm³/mol. The Morgan fingerprint density at radius 1 is 1.36 bits per heavy atom. The lowest BCUT2D eigenvalue weighted by Crippen LogP contribution is -2.38. The summed E-state index contributed by atoms with van der Waals surface area (Å²) >= 11 is 0.968. The minimum absolute atomic E-state index is 0.129. The minimum atomic E-state index is -4.40. The van der Waals surface area contributed by atoms with Crippen LogP contribution >= 0.6 is 11.3 Å². The standard InChI is InChI=1S/C13H22F3N5S/c1-4-17-12(18-6-5-7-21(2)3)19-8-11-20-10(9-22-11)13(14,15)16/h9H,4-8H2,1-3H3,(H2,17,18,19). The van der Waals surface area contributed by atoms with Gasteiger partial charge in [-0.2, -0.15) is 13.2 Å². The SMILES string of the molecule is CCNC(=NCc1nc(C(F)(F)F)cs1)NCCCN(C)C. The third-order valence-electron chi connectivity index (χ3n) is 2.63. The van der Waals surface area contributed by atoms with Gasteiger partial charge in [0, 0.05) is 18.5 Å². The van der Waals surface area contributed by atoms with E-state index in [2.05, 4.69) is 25.5 Å². The summed E-state index contributed by atoms with van der Waals surface area (Å²) in [5.41, 5.74) is -0.855. The second kappa shape index (κ2) is 8.94. The molecule has 0 atom stereocenters. The molecule has 1 rings (SSSR count). The Hall–Kier alpha value is -1.35. The van der Waals surface area contributed by atoms with E-state index < -0.39 is 11.9 Å². The van der Waals surface area contributed by atoms with Gasteiger partial charge in [-0.3, -0.25) is 0 Å². The summed E-state index contributed by atoms with van der Waals surface area (Å²) in [6, 6.07) is 0. The molecule has 0 radical (unpaired) electrons. The number of hydrogen-bond acceptors (Lipinski definition) is 4. The Morgan fingerprint density at radius 2 is 2.09 bits per heavy atom. The zero-order valence-electron chi connectivity index (χ0n) is 13.0. The van der Waals surface area contributed by atoms with Gasteiger partial charge in [0.1, 0.15) is 5.01 Å². The Balaban J connectivity index is 2.52. The Kier molecular flexibility index (Phi) is 7.60. The van der Waals surface area contributed by atoms with Crippen molar-refractivity contribution in [1.82, 2.24) is 20.5 Å². The fraction of sp³-hybridized carbons (Fsp3) is 0.692. The zero-order chi connectivity index (χ0) is 16.6. The van der Waals surface area contributed by atoms with Gasteiger partial charge in [-0.1, -0.05) is 0 Å². The van der Waals surface area contributed by atoms with Crippen molar-refractivity contribution in [3.63, 3.8) is 0 Å².